The first-order chi connectivity index (χ1) is 14.0. The number of halogens is 1. The number of fused-ring (bicyclic) bond motifs is 1. The molecule has 150 valence electrons. The Morgan fingerprint density at radius 2 is 2.03 bits per heavy atom. The first kappa shape index (κ1) is 20.2. The van der Waals surface area contributed by atoms with Gasteiger partial charge in [0.25, 0.3) is 11.5 Å². The zero-order chi connectivity index (χ0) is 20.8. The minimum atomic E-state index is -0.559. The summed E-state index contributed by atoms with van der Waals surface area (Å²) in [5.41, 5.74) is 2.71. The number of hydrazone groups is 1. The maximum atomic E-state index is 13.7. The van der Waals surface area contributed by atoms with Crippen LogP contribution in [0.4, 0.5) is 4.39 Å². The molecule has 0 atom stereocenters. The number of hydrogen-bond acceptors (Lipinski definition) is 5. The van der Waals surface area contributed by atoms with Crippen LogP contribution in [-0.4, -0.2) is 29.0 Å². The maximum Gasteiger partial charge on any atom is 0.292 e. The molecule has 0 radical (unpaired) electrons. The maximum absolute atomic E-state index is 13.7. The van der Waals surface area contributed by atoms with Crippen molar-refractivity contribution in [3.8, 4) is 5.75 Å². The van der Waals surface area contributed by atoms with Gasteiger partial charge in [-0.2, -0.15) is 10.2 Å². The third-order valence-electron chi connectivity index (χ3n) is 4.36. The van der Waals surface area contributed by atoms with Crippen LogP contribution < -0.4 is 15.7 Å². The van der Waals surface area contributed by atoms with E-state index >= 15 is 0 Å². The lowest BCUT2D eigenvalue weighted by molar-refractivity contribution is 0.0949. The van der Waals surface area contributed by atoms with Gasteiger partial charge in [-0.1, -0.05) is 31.5 Å². The highest BCUT2D eigenvalue weighted by Gasteiger charge is 2.16. The quantitative estimate of drug-likeness (QED) is 0.491. The number of nitrogens with zero attached hydrogens (tertiary/aromatic N) is 3. The molecule has 1 amide bonds. The van der Waals surface area contributed by atoms with Gasteiger partial charge in [0.1, 0.15) is 0 Å². The van der Waals surface area contributed by atoms with Crippen molar-refractivity contribution in [3.63, 3.8) is 0 Å². The van der Waals surface area contributed by atoms with E-state index in [2.05, 4.69) is 15.6 Å². The van der Waals surface area contributed by atoms with E-state index in [9.17, 15) is 14.0 Å². The molecule has 3 rings (SSSR count). The number of unbranched alkanes of at least 4 members (excludes halogenated alkanes) is 1. The largest absolute Gasteiger partial charge is 0.494 e. The highest BCUT2D eigenvalue weighted by molar-refractivity contribution is 6.04. The van der Waals surface area contributed by atoms with Crippen LogP contribution in [0.15, 0.2) is 52.4 Å². The summed E-state index contributed by atoms with van der Waals surface area (Å²) in [7, 11) is 1.38. The van der Waals surface area contributed by atoms with Crippen LogP contribution in [0.1, 0.15) is 35.8 Å². The summed E-state index contributed by atoms with van der Waals surface area (Å²) in [6.45, 7) is 2.44. The highest BCUT2D eigenvalue weighted by Crippen LogP contribution is 2.17. The van der Waals surface area contributed by atoms with Crippen molar-refractivity contribution in [2.45, 2.75) is 26.3 Å². The lowest BCUT2D eigenvalue weighted by Gasteiger charge is -2.09. The van der Waals surface area contributed by atoms with Crippen molar-refractivity contribution >= 4 is 22.9 Å². The van der Waals surface area contributed by atoms with Gasteiger partial charge in [-0.15, -0.1) is 0 Å². The Bertz CT molecular complexity index is 1120. The number of carbonyl (C=O) groups excluding carboxylic acids is 1. The fourth-order valence-corrected chi connectivity index (χ4v) is 2.84. The molecule has 0 spiro atoms. The molecule has 1 heterocycles. The molecule has 0 unspecified atom stereocenters. The lowest BCUT2D eigenvalue weighted by atomic mass is 10.1. The van der Waals surface area contributed by atoms with Gasteiger partial charge in [-0.25, -0.2) is 14.5 Å². The van der Waals surface area contributed by atoms with Gasteiger partial charge in [0.15, 0.2) is 17.3 Å². The molecule has 0 bridgehead atoms. The predicted octanol–water partition coefficient (Wildman–Crippen LogP) is 3.11. The summed E-state index contributed by atoms with van der Waals surface area (Å²) in [6.07, 6.45) is 2.98. The number of carbonyl (C=O) groups is 1. The molecule has 8 heteroatoms. The van der Waals surface area contributed by atoms with Crippen LogP contribution in [-0.2, 0) is 6.54 Å². The molecular weight excluding hydrogens is 375 g/mol. The summed E-state index contributed by atoms with van der Waals surface area (Å²) in [6, 6.07) is 11.1. The molecule has 3 aromatic rings. The van der Waals surface area contributed by atoms with Crippen molar-refractivity contribution in [2.75, 3.05) is 7.11 Å². The molecule has 0 fully saturated rings. The average molecular weight is 396 g/mol. The molecule has 7 nitrogen and oxygen atoms in total. The van der Waals surface area contributed by atoms with Crippen molar-refractivity contribution in [1.29, 1.82) is 0 Å². The number of rotatable bonds is 7. The summed E-state index contributed by atoms with van der Waals surface area (Å²) in [5, 5.41) is 8.99. The molecule has 2 aromatic carbocycles. The van der Waals surface area contributed by atoms with Gasteiger partial charge < -0.3 is 4.74 Å². The SMILES string of the molecule is CCCCn1nc(C(=O)N/N=C\c2ccc(OC)c(F)c2)c2ccccc2c1=O. The van der Waals surface area contributed by atoms with Crippen molar-refractivity contribution in [2.24, 2.45) is 5.10 Å². The number of ether oxygens (including phenoxy) is 1. The first-order valence-corrected chi connectivity index (χ1v) is 9.22. The molecule has 1 aromatic heterocycles. The van der Waals surface area contributed by atoms with E-state index < -0.39 is 11.7 Å². The molecule has 0 saturated carbocycles. The van der Waals surface area contributed by atoms with Gasteiger partial charge in [0, 0.05) is 11.9 Å². The number of aryl methyl sites for hydroxylation is 1. The molecule has 0 aliphatic heterocycles. The minimum Gasteiger partial charge on any atom is -0.494 e. The number of benzene rings is 2. The smallest absolute Gasteiger partial charge is 0.292 e. The lowest BCUT2D eigenvalue weighted by Crippen LogP contribution is -2.29. The fraction of sp³-hybridized carbons (Fsp3) is 0.238. The Morgan fingerprint density at radius 3 is 2.72 bits per heavy atom. The summed E-state index contributed by atoms with van der Waals surface area (Å²) in [5.74, 6) is -0.966. The second-order valence-electron chi connectivity index (χ2n) is 6.37. The zero-order valence-electron chi connectivity index (χ0n) is 16.2. The third kappa shape index (κ3) is 4.48. The van der Waals surface area contributed by atoms with Gasteiger partial charge >= 0.3 is 0 Å². The van der Waals surface area contributed by atoms with Crippen LogP contribution in [0.2, 0.25) is 0 Å². The number of hydrogen-bond donors (Lipinski definition) is 1. The average Bonchev–Trinajstić information content (AvgIpc) is 2.73. The van der Waals surface area contributed by atoms with E-state index in [1.807, 2.05) is 6.92 Å². The van der Waals surface area contributed by atoms with Crippen LogP contribution in [0.5, 0.6) is 5.75 Å². The van der Waals surface area contributed by atoms with E-state index in [0.717, 1.165) is 12.8 Å². The normalized spacial score (nSPS) is 11.1. The zero-order valence-corrected chi connectivity index (χ0v) is 16.2. The van der Waals surface area contributed by atoms with E-state index in [4.69, 9.17) is 4.74 Å². The molecular formula is C21H21FN4O3. The molecule has 0 aliphatic carbocycles. The van der Waals surface area contributed by atoms with E-state index in [1.54, 1.807) is 30.3 Å². The molecule has 1 N–H and O–H groups in total. The van der Waals surface area contributed by atoms with Crippen LogP contribution in [0, 0.1) is 5.82 Å². The van der Waals surface area contributed by atoms with E-state index in [1.165, 1.54) is 30.1 Å². The Morgan fingerprint density at radius 1 is 1.28 bits per heavy atom. The van der Waals surface area contributed by atoms with Gasteiger partial charge in [-0.3, -0.25) is 9.59 Å². The second kappa shape index (κ2) is 9.09. The number of aromatic nitrogens is 2. The summed E-state index contributed by atoms with van der Waals surface area (Å²) >= 11 is 0. The van der Waals surface area contributed by atoms with E-state index in [0.29, 0.717) is 22.9 Å². The monoisotopic (exact) mass is 396 g/mol. The van der Waals surface area contributed by atoms with Crippen molar-refractivity contribution < 1.29 is 13.9 Å². The van der Waals surface area contributed by atoms with Gasteiger partial charge in [0.2, 0.25) is 0 Å². The Labute approximate surface area is 166 Å². The second-order valence-corrected chi connectivity index (χ2v) is 6.37. The topological polar surface area (TPSA) is 85.6 Å². The standard InChI is InChI=1S/C21H21FN4O3/c1-3-4-11-26-21(28)16-8-6-5-7-15(16)19(25-26)20(27)24-23-13-14-9-10-18(29-2)17(22)12-14/h5-10,12-13H,3-4,11H2,1-2H3,(H,24,27)/b23-13-. The summed E-state index contributed by atoms with van der Waals surface area (Å²) < 4.78 is 19.9. The van der Waals surface area contributed by atoms with Gasteiger partial charge in [0.05, 0.1) is 18.7 Å². The number of amides is 1. The highest BCUT2D eigenvalue weighted by atomic mass is 19.1. The van der Waals surface area contributed by atoms with Crippen LogP contribution >= 0.6 is 0 Å². The first-order valence-electron chi connectivity index (χ1n) is 9.22. The number of nitrogens with one attached hydrogen (secondary N) is 1. The fourth-order valence-electron chi connectivity index (χ4n) is 2.84. The molecule has 0 saturated heterocycles. The Hall–Kier alpha value is -3.55. The number of methoxy groups -OCH3 is 1. The predicted molar refractivity (Wildman–Crippen MR) is 109 cm³/mol. The Balaban J connectivity index is 1.87. The van der Waals surface area contributed by atoms with Crippen molar-refractivity contribution in [1.82, 2.24) is 15.2 Å². The minimum absolute atomic E-state index is 0.106. The molecule has 0 aliphatic rings. The third-order valence-corrected chi connectivity index (χ3v) is 4.36. The van der Waals surface area contributed by atoms with Gasteiger partial charge in [-0.05, 0) is 36.2 Å². The van der Waals surface area contributed by atoms with Crippen molar-refractivity contribution in [3.05, 3.63) is 69.9 Å². The van der Waals surface area contributed by atoms with Crippen LogP contribution in [0.25, 0.3) is 10.8 Å². The Kier molecular flexibility index (Phi) is 6.33. The summed E-state index contributed by atoms with van der Waals surface area (Å²) in [4.78, 5) is 25.2. The molecule has 29 heavy (non-hydrogen) atoms. The van der Waals surface area contributed by atoms with E-state index in [-0.39, 0.29) is 17.0 Å². The van der Waals surface area contributed by atoms with Crippen LogP contribution in [0.3, 0.4) is 0 Å².